The van der Waals surface area contributed by atoms with Gasteiger partial charge in [0.1, 0.15) is 5.54 Å². The minimum Gasteiger partial charge on any atom is -0.480 e. The molecule has 1 saturated heterocycles. The Kier molecular flexibility index (Phi) is 6.02. The summed E-state index contributed by atoms with van der Waals surface area (Å²) < 4.78 is 5.70. The molecule has 2 rings (SSSR count). The van der Waals surface area contributed by atoms with Gasteiger partial charge in [0.25, 0.3) is 0 Å². The van der Waals surface area contributed by atoms with Gasteiger partial charge in [-0.05, 0) is 52.0 Å². The maximum absolute atomic E-state index is 11.7. The second kappa shape index (κ2) is 7.56. The first-order valence-electron chi connectivity index (χ1n) is 8.45. The molecule has 1 heterocycles. The molecule has 2 aliphatic rings. The van der Waals surface area contributed by atoms with Crippen LogP contribution in [0.25, 0.3) is 0 Å². The molecule has 1 aliphatic heterocycles. The zero-order valence-electron chi connectivity index (χ0n) is 13.4. The van der Waals surface area contributed by atoms with Crippen LogP contribution in [-0.4, -0.2) is 59.9 Å². The van der Waals surface area contributed by atoms with Gasteiger partial charge >= 0.3 is 5.97 Å². The molecule has 2 fully saturated rings. The van der Waals surface area contributed by atoms with Crippen LogP contribution in [0.2, 0.25) is 0 Å². The number of likely N-dealkylation sites (N-methyl/N-ethyl adjacent to an activating group) is 1. The fourth-order valence-corrected chi connectivity index (χ4v) is 3.97. The predicted octanol–water partition coefficient (Wildman–Crippen LogP) is 1.86. The highest BCUT2D eigenvalue weighted by Crippen LogP contribution is 2.33. The highest BCUT2D eigenvalue weighted by molar-refractivity contribution is 5.79. The zero-order valence-corrected chi connectivity index (χ0v) is 13.4. The lowest BCUT2D eigenvalue weighted by atomic mass is 9.78. The van der Waals surface area contributed by atoms with E-state index >= 15 is 0 Å². The van der Waals surface area contributed by atoms with Crippen molar-refractivity contribution >= 4 is 5.97 Å². The molecule has 2 N–H and O–H groups in total. The number of carboxylic acids is 1. The molecule has 5 nitrogen and oxygen atoms in total. The molecular formula is C16H30N2O3. The number of nitrogens with zero attached hydrogens (tertiary/aromatic N) is 1. The van der Waals surface area contributed by atoms with Gasteiger partial charge in [0.2, 0.25) is 0 Å². The Morgan fingerprint density at radius 1 is 1.33 bits per heavy atom. The van der Waals surface area contributed by atoms with E-state index in [0.717, 1.165) is 58.2 Å². The van der Waals surface area contributed by atoms with Crippen LogP contribution in [0.5, 0.6) is 0 Å². The molecule has 5 heteroatoms. The van der Waals surface area contributed by atoms with Crippen molar-refractivity contribution < 1.29 is 14.6 Å². The van der Waals surface area contributed by atoms with Crippen LogP contribution in [0.15, 0.2) is 0 Å². The summed E-state index contributed by atoms with van der Waals surface area (Å²) in [5.41, 5.74) is -0.714. The van der Waals surface area contributed by atoms with E-state index in [1.807, 2.05) is 13.8 Å². The van der Waals surface area contributed by atoms with Crippen LogP contribution in [0.3, 0.4) is 0 Å². The standard InChI is InChI=1S/C16H30N2O3/c1-3-17-16(15(19)20)9-5-6-13(12-16)18-10-7-14(8-11-18)21-4-2/h13-14,17H,3-12H2,1-2H3,(H,19,20). The molecule has 0 aromatic rings. The molecule has 2 unspecified atom stereocenters. The van der Waals surface area contributed by atoms with Gasteiger partial charge in [0, 0.05) is 25.7 Å². The lowest BCUT2D eigenvalue weighted by Crippen LogP contribution is -2.59. The van der Waals surface area contributed by atoms with E-state index in [1.165, 1.54) is 0 Å². The SMILES string of the molecule is CCNC1(C(=O)O)CCCC(N2CCC(OCC)CC2)C1. The van der Waals surface area contributed by atoms with Crippen molar-refractivity contribution in [3.63, 3.8) is 0 Å². The molecule has 21 heavy (non-hydrogen) atoms. The molecular weight excluding hydrogens is 268 g/mol. The first-order valence-corrected chi connectivity index (χ1v) is 8.45. The lowest BCUT2D eigenvalue weighted by Gasteiger charge is -2.45. The van der Waals surface area contributed by atoms with Crippen molar-refractivity contribution in [3.05, 3.63) is 0 Å². The summed E-state index contributed by atoms with van der Waals surface area (Å²) >= 11 is 0. The van der Waals surface area contributed by atoms with Gasteiger partial charge in [0.05, 0.1) is 6.10 Å². The Morgan fingerprint density at radius 3 is 2.62 bits per heavy atom. The monoisotopic (exact) mass is 298 g/mol. The van der Waals surface area contributed by atoms with Gasteiger partial charge < -0.3 is 20.1 Å². The average Bonchev–Trinajstić information content (AvgIpc) is 2.49. The Morgan fingerprint density at radius 2 is 2.05 bits per heavy atom. The molecule has 1 aliphatic carbocycles. The van der Waals surface area contributed by atoms with Crippen LogP contribution >= 0.6 is 0 Å². The molecule has 0 spiro atoms. The van der Waals surface area contributed by atoms with E-state index in [1.54, 1.807) is 0 Å². The molecule has 2 atom stereocenters. The first kappa shape index (κ1) is 16.7. The molecule has 0 bridgehead atoms. The fraction of sp³-hybridized carbons (Fsp3) is 0.938. The maximum Gasteiger partial charge on any atom is 0.323 e. The average molecular weight is 298 g/mol. The summed E-state index contributed by atoms with van der Waals surface area (Å²) in [7, 11) is 0. The van der Waals surface area contributed by atoms with Crippen molar-refractivity contribution in [3.8, 4) is 0 Å². The second-order valence-electron chi connectivity index (χ2n) is 6.36. The molecule has 1 saturated carbocycles. The molecule has 122 valence electrons. The Balaban J connectivity index is 1.93. The summed E-state index contributed by atoms with van der Waals surface area (Å²) in [4.78, 5) is 14.2. The van der Waals surface area contributed by atoms with Crippen molar-refractivity contribution in [2.24, 2.45) is 0 Å². The van der Waals surface area contributed by atoms with E-state index in [0.29, 0.717) is 18.7 Å². The topological polar surface area (TPSA) is 61.8 Å². The number of hydrogen-bond donors (Lipinski definition) is 2. The summed E-state index contributed by atoms with van der Waals surface area (Å²) in [6.07, 6.45) is 6.15. The summed E-state index contributed by atoms with van der Waals surface area (Å²) in [6.45, 7) is 7.61. The van der Waals surface area contributed by atoms with Crippen LogP contribution in [0.1, 0.15) is 52.4 Å². The molecule has 0 amide bonds. The van der Waals surface area contributed by atoms with Gasteiger partial charge in [-0.3, -0.25) is 4.79 Å². The molecule has 0 radical (unpaired) electrons. The van der Waals surface area contributed by atoms with Gasteiger partial charge in [-0.15, -0.1) is 0 Å². The van der Waals surface area contributed by atoms with Crippen LogP contribution in [-0.2, 0) is 9.53 Å². The number of rotatable bonds is 6. The number of aliphatic carboxylic acids is 1. The third-order valence-corrected chi connectivity index (χ3v) is 5.04. The second-order valence-corrected chi connectivity index (χ2v) is 6.36. The summed E-state index contributed by atoms with van der Waals surface area (Å²) in [6, 6.07) is 0.400. The fourth-order valence-electron chi connectivity index (χ4n) is 3.97. The van der Waals surface area contributed by atoms with Crippen molar-refractivity contribution in [1.82, 2.24) is 10.2 Å². The predicted molar refractivity (Wildman–Crippen MR) is 82.5 cm³/mol. The van der Waals surface area contributed by atoms with Crippen LogP contribution in [0, 0.1) is 0 Å². The highest BCUT2D eigenvalue weighted by atomic mass is 16.5. The van der Waals surface area contributed by atoms with Crippen molar-refractivity contribution in [2.75, 3.05) is 26.2 Å². The quantitative estimate of drug-likeness (QED) is 0.784. The van der Waals surface area contributed by atoms with Crippen molar-refractivity contribution in [2.45, 2.75) is 70.1 Å². The number of carbonyl (C=O) groups is 1. The van der Waals surface area contributed by atoms with E-state index in [-0.39, 0.29) is 0 Å². The normalized spacial score (nSPS) is 32.2. The number of likely N-dealkylation sites (tertiary alicyclic amines) is 1. The minimum atomic E-state index is -0.714. The van der Waals surface area contributed by atoms with E-state index in [9.17, 15) is 9.90 Å². The Bertz CT molecular complexity index is 338. The zero-order chi connectivity index (χ0) is 15.3. The Hall–Kier alpha value is -0.650. The number of hydrogen-bond acceptors (Lipinski definition) is 4. The van der Waals surface area contributed by atoms with E-state index in [2.05, 4.69) is 10.2 Å². The van der Waals surface area contributed by atoms with Gasteiger partial charge in [-0.2, -0.15) is 0 Å². The summed E-state index contributed by atoms with van der Waals surface area (Å²) in [5, 5.41) is 12.9. The third-order valence-electron chi connectivity index (χ3n) is 5.04. The Labute approximate surface area is 128 Å². The summed E-state index contributed by atoms with van der Waals surface area (Å²) in [5.74, 6) is -0.682. The van der Waals surface area contributed by atoms with Crippen molar-refractivity contribution in [1.29, 1.82) is 0 Å². The smallest absolute Gasteiger partial charge is 0.323 e. The minimum absolute atomic E-state index is 0.396. The number of piperidine rings is 1. The maximum atomic E-state index is 11.7. The van der Waals surface area contributed by atoms with E-state index < -0.39 is 11.5 Å². The number of ether oxygens (including phenoxy) is 1. The third kappa shape index (κ3) is 3.96. The molecule has 0 aromatic carbocycles. The molecule has 0 aromatic heterocycles. The van der Waals surface area contributed by atoms with Gasteiger partial charge in [-0.25, -0.2) is 0 Å². The number of nitrogens with one attached hydrogen (secondary N) is 1. The lowest BCUT2D eigenvalue weighted by molar-refractivity contribution is -0.147. The van der Waals surface area contributed by atoms with E-state index in [4.69, 9.17) is 4.74 Å². The highest BCUT2D eigenvalue weighted by Gasteiger charge is 2.44. The number of carboxylic acid groups (broad SMARTS) is 1. The van der Waals surface area contributed by atoms with Gasteiger partial charge in [-0.1, -0.05) is 6.92 Å². The van der Waals surface area contributed by atoms with Crippen LogP contribution in [0.4, 0.5) is 0 Å². The largest absolute Gasteiger partial charge is 0.480 e. The first-order chi connectivity index (χ1) is 10.1. The van der Waals surface area contributed by atoms with Gasteiger partial charge in [0.15, 0.2) is 0 Å². The van der Waals surface area contributed by atoms with Crippen LogP contribution < -0.4 is 5.32 Å².